The lowest BCUT2D eigenvalue weighted by atomic mass is 10.1. The van der Waals surface area contributed by atoms with Crippen LogP contribution >= 0.6 is 15.9 Å². The Hall–Kier alpha value is -2.35. The second kappa shape index (κ2) is 5.57. The molecule has 0 aromatic heterocycles. The maximum absolute atomic E-state index is 11.9. The number of rotatable bonds is 2. The molecule has 8 heteroatoms. The number of methoxy groups -OCH3 is 1. The number of ether oxygens (including phenoxy) is 1. The molecule has 1 aliphatic heterocycles. The summed E-state index contributed by atoms with van der Waals surface area (Å²) in [4.78, 5) is 35.8. The predicted molar refractivity (Wildman–Crippen MR) is 76.6 cm³/mol. The van der Waals surface area contributed by atoms with E-state index in [9.17, 15) is 19.5 Å². The molecule has 0 radical (unpaired) electrons. The lowest BCUT2D eigenvalue weighted by Crippen LogP contribution is -2.52. The van der Waals surface area contributed by atoms with Crippen molar-refractivity contribution < 1.29 is 24.2 Å². The van der Waals surface area contributed by atoms with Gasteiger partial charge in [0.05, 0.1) is 11.6 Å². The van der Waals surface area contributed by atoms with Crippen molar-refractivity contribution in [3.63, 3.8) is 0 Å². The van der Waals surface area contributed by atoms with E-state index in [0.29, 0.717) is 10.0 Å². The maximum atomic E-state index is 11.9. The van der Waals surface area contributed by atoms with Gasteiger partial charge in [-0.2, -0.15) is 0 Å². The molecular formula is C13H11BrN2O5. The van der Waals surface area contributed by atoms with Gasteiger partial charge < -0.3 is 9.84 Å². The Bertz CT molecular complexity index is 683. The van der Waals surface area contributed by atoms with Gasteiger partial charge in [0, 0.05) is 7.05 Å². The highest BCUT2D eigenvalue weighted by Crippen LogP contribution is 2.35. The van der Waals surface area contributed by atoms with E-state index in [0.717, 1.165) is 4.90 Å². The summed E-state index contributed by atoms with van der Waals surface area (Å²) in [5.74, 6) is -1.38. The third-order valence-electron chi connectivity index (χ3n) is 2.89. The second-order valence-electron chi connectivity index (χ2n) is 4.24. The molecule has 110 valence electrons. The van der Waals surface area contributed by atoms with E-state index >= 15 is 0 Å². The summed E-state index contributed by atoms with van der Waals surface area (Å²) in [6.45, 7) is 0. The lowest BCUT2D eigenvalue weighted by molar-refractivity contribution is -0.129. The molecule has 0 bridgehead atoms. The standard InChI is InChI=1S/C13H11BrN2O5/c1-16-12(19)7(11(18)15-13(16)20)3-6-4-8(14)10(17)9(5-6)21-2/h3-5,17H,1-2H3,(H,15,18,20)/b7-3+. The van der Waals surface area contributed by atoms with Gasteiger partial charge in [0.15, 0.2) is 11.5 Å². The van der Waals surface area contributed by atoms with Crippen LogP contribution in [-0.4, -0.2) is 42.0 Å². The van der Waals surface area contributed by atoms with Crippen molar-refractivity contribution in [2.45, 2.75) is 0 Å². The van der Waals surface area contributed by atoms with Crippen molar-refractivity contribution in [1.82, 2.24) is 10.2 Å². The van der Waals surface area contributed by atoms with Crippen molar-refractivity contribution in [2.24, 2.45) is 0 Å². The van der Waals surface area contributed by atoms with Crippen LogP contribution < -0.4 is 10.1 Å². The van der Waals surface area contributed by atoms with Crippen LogP contribution in [0.1, 0.15) is 5.56 Å². The minimum atomic E-state index is -0.772. The van der Waals surface area contributed by atoms with Gasteiger partial charge in [0.2, 0.25) is 0 Å². The number of halogens is 1. The average Bonchev–Trinajstić information content (AvgIpc) is 2.44. The zero-order valence-electron chi connectivity index (χ0n) is 11.1. The molecular weight excluding hydrogens is 344 g/mol. The van der Waals surface area contributed by atoms with Crippen LogP contribution in [0.2, 0.25) is 0 Å². The quantitative estimate of drug-likeness (QED) is 0.615. The normalized spacial score (nSPS) is 17.2. The molecule has 0 atom stereocenters. The summed E-state index contributed by atoms with van der Waals surface area (Å²) < 4.78 is 5.34. The molecule has 1 aromatic carbocycles. The smallest absolute Gasteiger partial charge is 0.331 e. The van der Waals surface area contributed by atoms with Crippen LogP contribution in [0.4, 0.5) is 4.79 Å². The number of nitrogens with one attached hydrogen (secondary N) is 1. The van der Waals surface area contributed by atoms with Crippen molar-refractivity contribution in [3.05, 3.63) is 27.7 Å². The van der Waals surface area contributed by atoms with Gasteiger partial charge in [-0.3, -0.25) is 19.8 Å². The number of phenolic OH excluding ortho intramolecular Hbond substituents is 1. The third kappa shape index (κ3) is 2.75. The number of imide groups is 2. The van der Waals surface area contributed by atoms with Crippen LogP contribution in [0, 0.1) is 0 Å². The monoisotopic (exact) mass is 354 g/mol. The number of aromatic hydroxyl groups is 1. The summed E-state index contributed by atoms with van der Waals surface area (Å²) in [5.41, 5.74) is 0.273. The Morgan fingerprint density at radius 2 is 2.00 bits per heavy atom. The molecule has 0 spiro atoms. The van der Waals surface area contributed by atoms with E-state index < -0.39 is 17.8 Å². The molecule has 4 amide bonds. The van der Waals surface area contributed by atoms with E-state index in [1.807, 2.05) is 0 Å². The third-order valence-corrected chi connectivity index (χ3v) is 3.49. The Labute approximate surface area is 128 Å². The van der Waals surface area contributed by atoms with Crippen molar-refractivity contribution in [3.8, 4) is 11.5 Å². The highest BCUT2D eigenvalue weighted by molar-refractivity contribution is 9.10. The van der Waals surface area contributed by atoms with Crippen molar-refractivity contribution >= 4 is 39.9 Å². The molecule has 2 rings (SSSR count). The van der Waals surface area contributed by atoms with Gasteiger partial charge in [-0.25, -0.2) is 4.79 Å². The number of carbonyl (C=O) groups excluding carboxylic acids is 3. The van der Waals surface area contributed by atoms with Crippen LogP contribution in [0.5, 0.6) is 11.5 Å². The van der Waals surface area contributed by atoms with Gasteiger partial charge in [0.1, 0.15) is 5.57 Å². The first kappa shape index (κ1) is 15.0. The van der Waals surface area contributed by atoms with Gasteiger partial charge in [-0.1, -0.05) is 0 Å². The summed E-state index contributed by atoms with van der Waals surface area (Å²) in [5, 5.41) is 11.8. The number of amides is 4. The fourth-order valence-corrected chi connectivity index (χ4v) is 2.20. The van der Waals surface area contributed by atoms with E-state index in [-0.39, 0.29) is 17.1 Å². The second-order valence-corrected chi connectivity index (χ2v) is 5.09. The number of hydrogen-bond acceptors (Lipinski definition) is 5. The number of carbonyl (C=O) groups is 3. The Balaban J connectivity index is 2.48. The van der Waals surface area contributed by atoms with E-state index in [1.165, 1.54) is 32.4 Å². The topological polar surface area (TPSA) is 95.9 Å². The van der Waals surface area contributed by atoms with Crippen molar-refractivity contribution in [2.75, 3.05) is 14.2 Å². The number of phenols is 1. The zero-order valence-corrected chi connectivity index (χ0v) is 12.7. The first-order valence-electron chi connectivity index (χ1n) is 5.76. The zero-order chi connectivity index (χ0) is 15.7. The van der Waals surface area contributed by atoms with Crippen molar-refractivity contribution in [1.29, 1.82) is 0 Å². The number of hydrogen-bond donors (Lipinski definition) is 2. The molecule has 1 aliphatic rings. The van der Waals surface area contributed by atoms with Crippen LogP contribution in [0.15, 0.2) is 22.2 Å². The molecule has 0 saturated carbocycles. The SMILES string of the molecule is COc1cc(/C=C2\C(=O)NC(=O)N(C)C2=O)cc(Br)c1O. The highest BCUT2D eigenvalue weighted by Gasteiger charge is 2.33. The lowest BCUT2D eigenvalue weighted by Gasteiger charge is -2.22. The molecule has 2 N–H and O–H groups in total. The number of urea groups is 1. The van der Waals surface area contributed by atoms with Crippen LogP contribution in [0.25, 0.3) is 6.08 Å². The Morgan fingerprint density at radius 1 is 1.33 bits per heavy atom. The van der Waals surface area contributed by atoms with E-state index in [4.69, 9.17) is 4.74 Å². The summed E-state index contributed by atoms with van der Waals surface area (Å²) in [7, 11) is 2.65. The number of benzene rings is 1. The number of likely N-dealkylation sites (N-methyl/N-ethyl adjacent to an activating group) is 1. The summed E-state index contributed by atoms with van der Waals surface area (Å²) in [6.07, 6.45) is 1.31. The number of nitrogens with zero attached hydrogens (tertiary/aromatic N) is 1. The molecule has 1 fully saturated rings. The van der Waals surface area contributed by atoms with Gasteiger partial charge >= 0.3 is 6.03 Å². The van der Waals surface area contributed by atoms with E-state index in [2.05, 4.69) is 21.2 Å². The van der Waals surface area contributed by atoms with Gasteiger partial charge in [-0.05, 0) is 39.7 Å². The molecule has 0 unspecified atom stereocenters. The fraction of sp³-hybridized carbons (Fsp3) is 0.154. The molecule has 1 saturated heterocycles. The fourth-order valence-electron chi connectivity index (χ4n) is 1.75. The van der Waals surface area contributed by atoms with Crippen LogP contribution in [-0.2, 0) is 9.59 Å². The first-order valence-corrected chi connectivity index (χ1v) is 6.56. The minimum Gasteiger partial charge on any atom is -0.503 e. The summed E-state index contributed by atoms with van der Waals surface area (Å²) >= 11 is 3.14. The first-order chi connectivity index (χ1) is 9.85. The van der Waals surface area contributed by atoms with Gasteiger partial charge in [-0.15, -0.1) is 0 Å². The molecule has 0 aliphatic carbocycles. The molecule has 1 aromatic rings. The average molecular weight is 355 g/mol. The molecule has 1 heterocycles. The number of barbiturate groups is 1. The van der Waals surface area contributed by atoms with Crippen LogP contribution in [0.3, 0.4) is 0 Å². The largest absolute Gasteiger partial charge is 0.503 e. The minimum absolute atomic E-state index is 0.0913. The Morgan fingerprint density at radius 3 is 2.62 bits per heavy atom. The van der Waals surface area contributed by atoms with E-state index in [1.54, 1.807) is 0 Å². The Kier molecular flexibility index (Phi) is 3.99. The predicted octanol–water partition coefficient (Wildman–Crippen LogP) is 1.25. The maximum Gasteiger partial charge on any atom is 0.331 e. The molecule has 21 heavy (non-hydrogen) atoms. The van der Waals surface area contributed by atoms with Gasteiger partial charge in [0.25, 0.3) is 11.8 Å². The molecule has 7 nitrogen and oxygen atoms in total. The summed E-state index contributed by atoms with van der Waals surface area (Å²) in [6, 6.07) is 2.21. The highest BCUT2D eigenvalue weighted by atomic mass is 79.9.